The molecule has 0 aliphatic heterocycles. The highest BCUT2D eigenvalue weighted by Crippen LogP contribution is 2.67. The number of carbonyl (C=O) groups is 2. The number of aryl methyl sites for hydroxylation is 4. The van der Waals surface area contributed by atoms with Gasteiger partial charge >= 0.3 is 0 Å². The Labute approximate surface area is 544 Å². The molecule has 0 N–H and O–H groups in total. The highest BCUT2D eigenvalue weighted by Gasteiger charge is 2.54. The largest absolute Gasteiger partial charge is 0.289 e. The van der Waals surface area contributed by atoms with Gasteiger partial charge in [-0.05, 0) is 148 Å². The number of thiophene rings is 3. The average molecular weight is 1230 g/mol. The van der Waals surface area contributed by atoms with Crippen LogP contribution in [0.15, 0.2) is 192 Å². The summed E-state index contributed by atoms with van der Waals surface area (Å²) in [6, 6.07) is 69.2. The molecule has 0 spiro atoms. The maximum Gasteiger partial charge on any atom is 0.194 e. The molecule has 91 heavy (non-hydrogen) atoms. The number of Topliss-reactive ketones (excluding diaryl/α,β-unsaturated/α-hetero) is 2. The van der Waals surface area contributed by atoms with E-state index in [0.717, 1.165) is 111 Å². The van der Waals surface area contributed by atoms with Gasteiger partial charge < -0.3 is 0 Å². The van der Waals surface area contributed by atoms with Gasteiger partial charge in [0.25, 0.3) is 0 Å². The molecule has 4 aliphatic carbocycles. The van der Waals surface area contributed by atoms with Crippen LogP contribution < -0.4 is 0 Å². The Morgan fingerprint density at radius 3 is 1.31 bits per heavy atom. The Kier molecular flexibility index (Phi) is 15.4. The van der Waals surface area contributed by atoms with Crippen LogP contribution in [0.2, 0.25) is 0 Å². The minimum atomic E-state index is -0.857. The molecule has 0 saturated heterocycles. The van der Waals surface area contributed by atoms with Gasteiger partial charge in [0, 0.05) is 63.2 Å². The van der Waals surface area contributed by atoms with Crippen molar-refractivity contribution in [3.63, 3.8) is 0 Å². The Hall–Kier alpha value is -9.84. The van der Waals surface area contributed by atoms with Crippen LogP contribution >= 0.6 is 34.0 Å². The van der Waals surface area contributed by atoms with E-state index in [1.54, 1.807) is 46.1 Å². The molecule has 7 aromatic carbocycles. The van der Waals surface area contributed by atoms with E-state index in [0.29, 0.717) is 44.5 Å². The lowest BCUT2D eigenvalue weighted by atomic mass is 9.65. The molecule has 0 amide bonds. The SMILES string of the molecule is CCCCCCc1ccc(C2(c3ccc(C)cc3)c3cc4c(cc3-c3sc(/C=C5\C(=O)c6ccccc6C5=C(C#N)C#N)cc32)C(c2ccc(C)cc2)(c2ccc(CCCCCC)cc2)c2c-4sc3cc(/C=C4\C(=O)c5ccccc5C4=C(C#N)C#N)sc23)cc1. The zero-order chi connectivity index (χ0) is 62.7. The van der Waals surface area contributed by atoms with Crippen molar-refractivity contribution in [1.82, 2.24) is 0 Å². The van der Waals surface area contributed by atoms with Crippen molar-refractivity contribution < 1.29 is 9.59 Å². The van der Waals surface area contributed by atoms with E-state index in [2.05, 4.69) is 173 Å². The smallest absolute Gasteiger partial charge is 0.194 e. The monoisotopic (exact) mass is 1230 g/mol. The molecule has 0 radical (unpaired) electrons. The Bertz CT molecular complexity index is 4960. The highest BCUT2D eigenvalue weighted by molar-refractivity contribution is 7.30. The molecule has 0 saturated carbocycles. The summed E-state index contributed by atoms with van der Waals surface area (Å²) in [5.74, 6) is -0.427. The van der Waals surface area contributed by atoms with Crippen LogP contribution in [-0.2, 0) is 23.7 Å². The fourth-order valence-corrected chi connectivity index (χ4v) is 18.8. The van der Waals surface area contributed by atoms with E-state index in [4.69, 9.17) is 0 Å². The number of ketones is 2. The van der Waals surface area contributed by atoms with Crippen molar-refractivity contribution in [2.45, 2.75) is 103 Å². The molecule has 6 nitrogen and oxygen atoms in total. The van der Waals surface area contributed by atoms with Gasteiger partial charge in [0.15, 0.2) is 11.6 Å². The van der Waals surface area contributed by atoms with E-state index in [9.17, 15) is 30.6 Å². The first-order valence-corrected chi connectivity index (χ1v) is 34.0. The topological polar surface area (TPSA) is 129 Å². The van der Waals surface area contributed by atoms with Gasteiger partial charge in [-0.2, -0.15) is 21.0 Å². The molecular formula is C82H62N4O2S3. The standard InChI is InChI=1S/C82H62N4O2S3/c1-5-7-9-11-17-51-27-35-56(36-28-51)81(55-31-23-49(3)24-32-55)69-44-66-70(43-65(69)78-71(81)41-59(89-78)39-67-73(53(45-83)46-84)61-19-13-15-21-63(61)76(67)87)82(57-33-25-50(4)26-34-57,58-37-29-52(30-38-58)18-12-10-8-6-2)75-79(66)91-72-42-60(90-80(72)75)40-68-74(54(47-85)48-86)62-20-14-16-22-64(62)77(68)88/h13-16,19-44H,5-12,17-18H2,1-4H3/b67-39-,68-40-. The molecular weight excluding hydrogens is 1170 g/mol. The Morgan fingerprint density at radius 1 is 0.429 bits per heavy atom. The number of allylic oxidation sites excluding steroid dienone is 6. The zero-order valence-corrected chi connectivity index (χ0v) is 53.7. The Balaban J connectivity index is 1.06. The van der Waals surface area contributed by atoms with Crippen LogP contribution in [0.5, 0.6) is 0 Å². The van der Waals surface area contributed by atoms with Crippen LogP contribution in [0.3, 0.4) is 0 Å². The van der Waals surface area contributed by atoms with E-state index in [1.165, 1.54) is 60.1 Å². The molecule has 3 heterocycles. The molecule has 14 rings (SSSR count). The third kappa shape index (κ3) is 9.41. The fraction of sp³-hybridized carbons (Fsp3) is 0.195. The van der Waals surface area contributed by atoms with Crippen LogP contribution in [-0.4, -0.2) is 11.6 Å². The second-order valence-electron chi connectivity index (χ2n) is 24.5. The van der Waals surface area contributed by atoms with Gasteiger partial charge in [0.05, 0.1) is 15.5 Å². The van der Waals surface area contributed by atoms with Gasteiger partial charge in [-0.15, -0.1) is 34.0 Å². The first-order valence-electron chi connectivity index (χ1n) is 31.6. The summed E-state index contributed by atoms with van der Waals surface area (Å²) in [7, 11) is 0. The molecule has 0 bridgehead atoms. The van der Waals surface area contributed by atoms with E-state index >= 15 is 0 Å². The normalized spacial score (nSPS) is 17.3. The van der Waals surface area contributed by atoms with Crippen LogP contribution in [0.25, 0.3) is 53.6 Å². The summed E-state index contributed by atoms with van der Waals surface area (Å²) in [5.41, 5.74) is 17.9. The second kappa shape index (κ2) is 23.8. The number of nitriles is 4. The molecule has 2 unspecified atom stereocenters. The lowest BCUT2D eigenvalue weighted by molar-refractivity contribution is 0.103. The van der Waals surface area contributed by atoms with Crippen molar-refractivity contribution in [3.05, 3.63) is 291 Å². The number of nitrogens with zero attached hydrogens (tertiary/aromatic N) is 4. The van der Waals surface area contributed by atoms with Crippen LogP contribution in [0.4, 0.5) is 0 Å². The molecule has 9 heteroatoms. The predicted molar refractivity (Wildman–Crippen MR) is 371 cm³/mol. The third-order valence-electron chi connectivity index (χ3n) is 19.2. The molecule has 440 valence electrons. The summed E-state index contributed by atoms with van der Waals surface area (Å²) in [6.45, 7) is 8.76. The Morgan fingerprint density at radius 2 is 0.846 bits per heavy atom. The number of rotatable bonds is 16. The lowest BCUT2D eigenvalue weighted by Crippen LogP contribution is -2.30. The van der Waals surface area contributed by atoms with Crippen molar-refractivity contribution >= 4 is 78.3 Å². The molecule has 10 aromatic rings. The quantitative estimate of drug-likeness (QED) is 0.0538. The molecule has 3 aromatic heterocycles. The predicted octanol–water partition coefficient (Wildman–Crippen LogP) is 20.8. The van der Waals surface area contributed by atoms with E-state index in [1.807, 2.05) is 48.6 Å². The number of fused-ring (bicyclic) bond motifs is 10. The lowest BCUT2D eigenvalue weighted by Gasteiger charge is -2.35. The fourth-order valence-electron chi connectivity index (χ4n) is 14.8. The van der Waals surface area contributed by atoms with Crippen molar-refractivity contribution in [1.29, 1.82) is 21.0 Å². The number of hydrogen-bond donors (Lipinski definition) is 0. The second-order valence-corrected chi connectivity index (χ2v) is 27.8. The average Bonchev–Trinajstić information content (AvgIpc) is 1.50. The summed E-state index contributed by atoms with van der Waals surface area (Å²) >= 11 is 5.07. The highest BCUT2D eigenvalue weighted by atomic mass is 32.1. The number of hydrogen-bond acceptors (Lipinski definition) is 9. The zero-order valence-electron chi connectivity index (χ0n) is 51.2. The maximum absolute atomic E-state index is 14.7. The van der Waals surface area contributed by atoms with Crippen molar-refractivity contribution in [2.75, 3.05) is 0 Å². The van der Waals surface area contributed by atoms with Gasteiger partial charge in [0.1, 0.15) is 35.4 Å². The van der Waals surface area contributed by atoms with E-state index in [-0.39, 0.29) is 22.7 Å². The van der Waals surface area contributed by atoms with Crippen LogP contribution in [0.1, 0.15) is 174 Å². The number of benzene rings is 7. The summed E-state index contributed by atoms with van der Waals surface area (Å²) in [5, 5.41) is 41.5. The number of unbranched alkanes of at least 4 members (excludes halogenated alkanes) is 6. The molecule has 2 atom stereocenters. The van der Waals surface area contributed by atoms with Gasteiger partial charge in [-0.25, -0.2) is 0 Å². The summed E-state index contributed by atoms with van der Waals surface area (Å²) in [6.07, 6.45) is 15.1. The van der Waals surface area contributed by atoms with Crippen molar-refractivity contribution in [2.24, 2.45) is 0 Å². The third-order valence-corrected chi connectivity index (χ3v) is 22.7. The van der Waals surface area contributed by atoms with Gasteiger partial charge in [-0.3, -0.25) is 9.59 Å². The maximum atomic E-state index is 14.7. The van der Waals surface area contributed by atoms with Crippen LogP contribution in [0, 0.1) is 59.2 Å². The van der Waals surface area contributed by atoms with Gasteiger partial charge in [0.2, 0.25) is 0 Å². The minimum Gasteiger partial charge on any atom is -0.289 e. The first-order chi connectivity index (χ1) is 44.5. The van der Waals surface area contributed by atoms with Gasteiger partial charge in [-0.1, -0.05) is 209 Å². The molecule has 4 aliphatic rings. The first kappa shape index (κ1) is 58.8. The molecule has 0 fully saturated rings. The number of carbonyl (C=O) groups excluding carboxylic acids is 2. The summed E-state index contributed by atoms with van der Waals surface area (Å²) in [4.78, 5) is 33.1. The van der Waals surface area contributed by atoms with E-state index < -0.39 is 10.8 Å². The summed E-state index contributed by atoms with van der Waals surface area (Å²) < 4.78 is 2.18. The minimum absolute atomic E-state index is 0.0939. The van der Waals surface area contributed by atoms with Crippen molar-refractivity contribution in [3.8, 4) is 45.2 Å².